The monoisotopic (exact) mass is 272 g/mol. The maximum absolute atomic E-state index is 12.1. The van der Waals surface area contributed by atoms with Gasteiger partial charge in [-0.3, -0.25) is 4.79 Å². The molecule has 1 nitrogen and oxygen atoms in total. The van der Waals surface area contributed by atoms with E-state index in [0.29, 0.717) is 0 Å². The van der Waals surface area contributed by atoms with Gasteiger partial charge in [-0.25, -0.2) is 0 Å². The molecule has 0 spiro atoms. The van der Waals surface area contributed by atoms with Crippen molar-refractivity contribution in [3.8, 4) is 0 Å². The second-order valence-electron chi connectivity index (χ2n) is 3.98. The fourth-order valence-corrected chi connectivity index (χ4v) is 2.73. The van der Waals surface area contributed by atoms with Crippen LogP contribution in [0.3, 0.4) is 0 Å². The van der Waals surface area contributed by atoms with Crippen LogP contribution in [-0.2, 0) is 0 Å². The molecule has 0 saturated carbocycles. The summed E-state index contributed by atoms with van der Waals surface area (Å²) in [6.07, 6.45) is 0. The molecule has 16 heavy (non-hydrogen) atoms. The van der Waals surface area contributed by atoms with Crippen molar-refractivity contribution < 1.29 is 4.79 Å². The van der Waals surface area contributed by atoms with E-state index in [0.717, 1.165) is 32.0 Å². The highest BCUT2D eigenvalue weighted by Gasteiger charge is 2.23. The summed E-state index contributed by atoms with van der Waals surface area (Å²) in [5.74, 6) is 0.121. The van der Waals surface area contributed by atoms with Crippen molar-refractivity contribution in [1.29, 1.82) is 0 Å². The minimum Gasteiger partial charge on any atom is -0.289 e. The molecule has 78 valence electrons. The van der Waals surface area contributed by atoms with Crippen LogP contribution in [0.25, 0.3) is 15.3 Å². The molecule has 0 N–H and O–H groups in total. The first kappa shape index (κ1) is 9.79. The van der Waals surface area contributed by atoms with Gasteiger partial charge in [-0.1, -0.05) is 36.4 Å². The van der Waals surface area contributed by atoms with E-state index in [1.807, 2.05) is 43.3 Å². The van der Waals surface area contributed by atoms with Crippen molar-refractivity contribution in [3.63, 3.8) is 0 Å². The molecule has 0 bridgehead atoms. The third-order valence-electron chi connectivity index (χ3n) is 3.06. The van der Waals surface area contributed by atoms with Gasteiger partial charge in [0.1, 0.15) is 0 Å². The fourth-order valence-electron chi connectivity index (χ4n) is 2.22. The van der Waals surface area contributed by atoms with Crippen LogP contribution in [0.5, 0.6) is 0 Å². The van der Waals surface area contributed by atoms with Gasteiger partial charge in [0.05, 0.1) is 0 Å². The second kappa shape index (κ2) is 3.29. The fraction of sp³-hybridized carbons (Fsp3) is 0.0714. The Morgan fingerprint density at radius 1 is 1.00 bits per heavy atom. The van der Waals surface area contributed by atoms with Crippen molar-refractivity contribution in [2.24, 2.45) is 0 Å². The highest BCUT2D eigenvalue weighted by molar-refractivity contribution is 9.15. The number of hydrogen-bond acceptors (Lipinski definition) is 1. The van der Waals surface area contributed by atoms with Crippen LogP contribution < -0.4 is 0 Å². The van der Waals surface area contributed by atoms with Crippen LogP contribution >= 0.6 is 15.9 Å². The van der Waals surface area contributed by atoms with E-state index in [1.165, 1.54) is 0 Å². The highest BCUT2D eigenvalue weighted by atomic mass is 79.9. The van der Waals surface area contributed by atoms with Crippen LogP contribution in [0.4, 0.5) is 0 Å². The molecule has 1 aliphatic rings. The Labute approximate surface area is 102 Å². The van der Waals surface area contributed by atoms with Crippen LogP contribution in [-0.4, -0.2) is 5.78 Å². The minimum absolute atomic E-state index is 0.121. The SMILES string of the molecule is CC1=C(Br)c2cccc3cccc(c23)C1=O. The lowest BCUT2D eigenvalue weighted by molar-refractivity contribution is 0.103. The van der Waals surface area contributed by atoms with Crippen LogP contribution in [0, 0.1) is 0 Å². The largest absolute Gasteiger partial charge is 0.289 e. The summed E-state index contributed by atoms with van der Waals surface area (Å²) >= 11 is 3.52. The predicted octanol–water partition coefficient (Wildman–Crippen LogP) is 4.16. The number of carbonyl (C=O) groups is 1. The molecule has 0 unspecified atom stereocenters. The number of benzene rings is 2. The zero-order valence-electron chi connectivity index (χ0n) is 8.75. The molecule has 3 rings (SSSR count). The number of carbonyl (C=O) groups excluding carboxylic acids is 1. The molecule has 1 aliphatic carbocycles. The van der Waals surface area contributed by atoms with Gasteiger partial charge in [0.25, 0.3) is 0 Å². The van der Waals surface area contributed by atoms with Crippen molar-refractivity contribution in [2.45, 2.75) is 6.92 Å². The molecule has 0 aromatic heterocycles. The molecule has 0 heterocycles. The second-order valence-corrected chi connectivity index (χ2v) is 4.77. The lowest BCUT2D eigenvalue weighted by Crippen LogP contribution is -2.08. The molecular weight excluding hydrogens is 264 g/mol. The Kier molecular flexibility index (Phi) is 2.01. The summed E-state index contributed by atoms with van der Waals surface area (Å²) in [5, 5.41) is 2.18. The number of hydrogen-bond donors (Lipinski definition) is 0. The predicted molar refractivity (Wildman–Crippen MR) is 69.8 cm³/mol. The molecule has 0 saturated heterocycles. The zero-order chi connectivity index (χ0) is 11.3. The van der Waals surface area contributed by atoms with E-state index in [1.54, 1.807) is 0 Å². The summed E-state index contributed by atoms with van der Waals surface area (Å²) in [6, 6.07) is 12.0. The molecule has 2 aromatic rings. The van der Waals surface area contributed by atoms with Crippen LogP contribution in [0.1, 0.15) is 22.8 Å². The third-order valence-corrected chi connectivity index (χ3v) is 4.08. The Bertz CT molecular complexity index is 648. The van der Waals surface area contributed by atoms with Gasteiger partial charge in [0.2, 0.25) is 0 Å². The van der Waals surface area contributed by atoms with E-state index in [9.17, 15) is 4.79 Å². The summed E-state index contributed by atoms with van der Waals surface area (Å²) < 4.78 is 0.918. The lowest BCUT2D eigenvalue weighted by atomic mass is 9.89. The lowest BCUT2D eigenvalue weighted by Gasteiger charge is -2.17. The van der Waals surface area contributed by atoms with Gasteiger partial charge >= 0.3 is 0 Å². The first-order chi connectivity index (χ1) is 7.70. The summed E-state index contributed by atoms with van der Waals surface area (Å²) in [4.78, 5) is 12.1. The number of Topliss-reactive ketones (excluding diaryl/α,β-unsaturated/α-hetero) is 1. The molecule has 2 heteroatoms. The molecule has 0 amide bonds. The topological polar surface area (TPSA) is 17.1 Å². The molecule has 0 radical (unpaired) electrons. The molecule has 0 aliphatic heterocycles. The minimum atomic E-state index is 0.121. The number of rotatable bonds is 0. The molecule has 2 aromatic carbocycles. The summed E-state index contributed by atoms with van der Waals surface area (Å²) in [5.41, 5.74) is 2.71. The van der Waals surface area contributed by atoms with Gasteiger partial charge in [0.15, 0.2) is 5.78 Å². The third kappa shape index (κ3) is 1.14. The Balaban J connectivity index is 2.57. The Morgan fingerprint density at radius 3 is 2.31 bits per heavy atom. The van der Waals surface area contributed by atoms with Crippen molar-refractivity contribution in [3.05, 3.63) is 53.1 Å². The van der Waals surface area contributed by atoms with E-state index >= 15 is 0 Å². The molecular formula is C14H9BrO. The number of allylic oxidation sites excluding steroid dienone is 1. The smallest absolute Gasteiger partial charge is 0.190 e. The van der Waals surface area contributed by atoms with Crippen molar-refractivity contribution in [1.82, 2.24) is 0 Å². The maximum atomic E-state index is 12.1. The van der Waals surface area contributed by atoms with Crippen molar-refractivity contribution >= 4 is 37.0 Å². The Hall–Kier alpha value is -1.41. The summed E-state index contributed by atoms with van der Waals surface area (Å²) in [7, 11) is 0. The normalized spacial score (nSPS) is 14.8. The Morgan fingerprint density at radius 2 is 1.62 bits per heavy atom. The standard InChI is InChI=1S/C14H9BrO/c1-8-13(15)10-6-2-4-9-5-3-7-11(12(9)10)14(8)16/h2-7H,1H3. The quantitative estimate of drug-likeness (QED) is 0.704. The van der Waals surface area contributed by atoms with Crippen LogP contribution in [0.2, 0.25) is 0 Å². The van der Waals surface area contributed by atoms with Gasteiger partial charge in [-0.2, -0.15) is 0 Å². The van der Waals surface area contributed by atoms with E-state index in [4.69, 9.17) is 0 Å². The van der Waals surface area contributed by atoms with Gasteiger partial charge in [0, 0.05) is 21.0 Å². The first-order valence-electron chi connectivity index (χ1n) is 5.13. The number of halogens is 1. The van der Waals surface area contributed by atoms with Gasteiger partial charge < -0.3 is 0 Å². The van der Waals surface area contributed by atoms with Crippen molar-refractivity contribution in [2.75, 3.05) is 0 Å². The molecule has 0 fully saturated rings. The van der Waals surface area contributed by atoms with Crippen LogP contribution in [0.15, 0.2) is 42.0 Å². The van der Waals surface area contributed by atoms with E-state index in [-0.39, 0.29) is 5.78 Å². The zero-order valence-corrected chi connectivity index (χ0v) is 10.3. The average Bonchev–Trinajstić information content (AvgIpc) is 2.33. The maximum Gasteiger partial charge on any atom is 0.190 e. The van der Waals surface area contributed by atoms with E-state index in [2.05, 4.69) is 15.9 Å². The van der Waals surface area contributed by atoms with E-state index < -0.39 is 0 Å². The van der Waals surface area contributed by atoms with Gasteiger partial charge in [-0.15, -0.1) is 0 Å². The molecule has 0 atom stereocenters. The van der Waals surface area contributed by atoms with Gasteiger partial charge in [-0.05, 0) is 33.8 Å². The number of ketones is 1. The highest BCUT2D eigenvalue weighted by Crippen LogP contribution is 2.38. The summed E-state index contributed by atoms with van der Waals surface area (Å²) in [6.45, 7) is 1.86. The first-order valence-corrected chi connectivity index (χ1v) is 5.92. The average molecular weight is 273 g/mol.